The number of nitrogens with one attached hydrogen (secondary N) is 1. The van der Waals surface area contributed by atoms with Crippen LogP contribution in [0, 0.1) is 11.3 Å². The molecule has 4 nitrogen and oxygen atoms in total. The van der Waals surface area contributed by atoms with Crippen LogP contribution in [-0.2, 0) is 11.0 Å². The van der Waals surface area contributed by atoms with Crippen molar-refractivity contribution in [3.8, 4) is 11.8 Å². The summed E-state index contributed by atoms with van der Waals surface area (Å²) < 4.78 is 43.6. The van der Waals surface area contributed by atoms with Gasteiger partial charge in [0.25, 0.3) is 5.91 Å². The summed E-state index contributed by atoms with van der Waals surface area (Å²) in [7, 11) is 1.51. The molecule has 8 heteroatoms. The van der Waals surface area contributed by atoms with Crippen LogP contribution in [0.2, 0.25) is 5.02 Å². The Kier molecular flexibility index (Phi) is 6.85. The van der Waals surface area contributed by atoms with Gasteiger partial charge >= 0.3 is 6.18 Å². The van der Waals surface area contributed by atoms with E-state index in [2.05, 4.69) is 5.32 Å². The van der Waals surface area contributed by atoms with E-state index in [4.69, 9.17) is 16.3 Å². The predicted molar refractivity (Wildman–Crippen MR) is 101 cm³/mol. The molecule has 0 unspecified atom stereocenters. The second kappa shape index (κ2) is 9.11. The number of allylic oxidation sites excluding steroid dienone is 2. The second-order valence-corrected chi connectivity index (χ2v) is 5.85. The van der Waals surface area contributed by atoms with Gasteiger partial charge in [0.15, 0.2) is 0 Å². The molecule has 0 bridgehead atoms. The number of rotatable bonds is 5. The summed E-state index contributed by atoms with van der Waals surface area (Å²) in [6, 6.07) is 11.3. The Morgan fingerprint density at radius 1 is 1.25 bits per heavy atom. The number of nitrogens with zero attached hydrogens (tertiary/aromatic N) is 1. The minimum absolute atomic E-state index is 0.0804. The van der Waals surface area contributed by atoms with E-state index in [1.807, 2.05) is 0 Å². The number of nitriles is 1. The Morgan fingerprint density at radius 2 is 1.96 bits per heavy atom. The zero-order valence-electron chi connectivity index (χ0n) is 14.5. The molecule has 2 rings (SSSR count). The standard InChI is InChI=1S/C20H14ClF3N2O2/c1-28-18-8-3-2-5-13(18)6-4-7-14(12-25)19(27)26-17-11-15(20(22,23)24)9-10-16(17)21/h2-11H,1H3,(H,26,27). The molecule has 0 spiro atoms. The van der Waals surface area contributed by atoms with Crippen LogP contribution in [0.3, 0.4) is 0 Å². The van der Waals surface area contributed by atoms with Crippen LogP contribution in [-0.4, -0.2) is 13.0 Å². The molecule has 2 aromatic carbocycles. The third-order valence-electron chi connectivity index (χ3n) is 3.58. The lowest BCUT2D eigenvalue weighted by molar-refractivity contribution is -0.137. The van der Waals surface area contributed by atoms with Gasteiger partial charge in [-0.15, -0.1) is 0 Å². The quantitative estimate of drug-likeness (QED) is 0.407. The van der Waals surface area contributed by atoms with Gasteiger partial charge in [0, 0.05) is 5.56 Å². The Bertz CT molecular complexity index is 976. The van der Waals surface area contributed by atoms with Crippen LogP contribution in [0.5, 0.6) is 5.75 Å². The van der Waals surface area contributed by atoms with Crippen LogP contribution in [0.4, 0.5) is 18.9 Å². The van der Waals surface area contributed by atoms with Crippen LogP contribution in [0.1, 0.15) is 11.1 Å². The van der Waals surface area contributed by atoms with Crippen molar-refractivity contribution in [2.45, 2.75) is 6.18 Å². The van der Waals surface area contributed by atoms with Crippen molar-refractivity contribution in [3.63, 3.8) is 0 Å². The van der Waals surface area contributed by atoms with Gasteiger partial charge in [-0.2, -0.15) is 18.4 Å². The van der Waals surface area contributed by atoms with Crippen molar-refractivity contribution >= 4 is 29.3 Å². The third-order valence-corrected chi connectivity index (χ3v) is 3.91. The number of hydrogen-bond acceptors (Lipinski definition) is 3. The van der Waals surface area contributed by atoms with Crippen molar-refractivity contribution < 1.29 is 22.7 Å². The summed E-state index contributed by atoms with van der Waals surface area (Å²) in [5.41, 5.74) is -0.790. The van der Waals surface area contributed by atoms with Crippen LogP contribution < -0.4 is 10.1 Å². The van der Waals surface area contributed by atoms with Crippen LogP contribution in [0.25, 0.3) is 6.08 Å². The molecule has 0 aliphatic rings. The molecule has 0 saturated carbocycles. The molecule has 0 aliphatic heterocycles. The van der Waals surface area contributed by atoms with Gasteiger partial charge in [0.2, 0.25) is 0 Å². The Morgan fingerprint density at radius 3 is 2.61 bits per heavy atom. The Hall–Kier alpha value is -3.24. The maximum atomic E-state index is 12.8. The van der Waals surface area contributed by atoms with Crippen molar-refractivity contribution in [2.24, 2.45) is 0 Å². The van der Waals surface area contributed by atoms with Crippen LogP contribution >= 0.6 is 11.6 Å². The lowest BCUT2D eigenvalue weighted by Gasteiger charge is -2.11. The molecular formula is C20H14ClF3N2O2. The van der Waals surface area contributed by atoms with Gasteiger partial charge in [-0.05, 0) is 30.3 Å². The fraction of sp³-hybridized carbons (Fsp3) is 0.100. The first-order chi connectivity index (χ1) is 13.3. The summed E-state index contributed by atoms with van der Waals surface area (Å²) in [6.45, 7) is 0. The average Bonchev–Trinajstić information content (AvgIpc) is 2.66. The molecule has 1 amide bonds. The van der Waals surface area contributed by atoms with E-state index in [0.717, 1.165) is 17.7 Å². The van der Waals surface area contributed by atoms with Crippen molar-refractivity contribution in [3.05, 3.63) is 76.3 Å². The number of ether oxygens (including phenoxy) is 1. The van der Waals surface area contributed by atoms with Gasteiger partial charge < -0.3 is 10.1 Å². The number of hydrogen-bond donors (Lipinski definition) is 1. The van der Waals surface area contributed by atoms with Crippen molar-refractivity contribution in [1.29, 1.82) is 5.26 Å². The van der Waals surface area contributed by atoms with Gasteiger partial charge in [-0.25, -0.2) is 0 Å². The maximum absolute atomic E-state index is 12.8. The maximum Gasteiger partial charge on any atom is 0.416 e. The molecule has 0 aliphatic carbocycles. The Balaban J connectivity index is 2.21. The number of benzene rings is 2. The number of methoxy groups -OCH3 is 1. The van der Waals surface area contributed by atoms with Gasteiger partial charge in [-0.3, -0.25) is 4.79 Å². The van der Waals surface area contributed by atoms with Gasteiger partial charge in [0.05, 0.1) is 23.4 Å². The molecular weight excluding hydrogens is 393 g/mol. The lowest BCUT2D eigenvalue weighted by atomic mass is 10.1. The average molecular weight is 407 g/mol. The van der Waals surface area contributed by atoms with Crippen molar-refractivity contribution in [2.75, 3.05) is 12.4 Å². The minimum atomic E-state index is -4.59. The monoisotopic (exact) mass is 406 g/mol. The van der Waals surface area contributed by atoms with Crippen molar-refractivity contribution in [1.82, 2.24) is 0 Å². The van der Waals surface area contributed by atoms with Crippen LogP contribution in [0.15, 0.2) is 60.2 Å². The number of para-hydroxylation sites is 1. The predicted octanol–water partition coefficient (Wildman–Crippen LogP) is 5.47. The molecule has 0 atom stereocenters. The number of alkyl halides is 3. The molecule has 144 valence electrons. The SMILES string of the molecule is COc1ccccc1C=CC=C(C#N)C(=O)Nc1cc(C(F)(F)F)ccc1Cl. The topological polar surface area (TPSA) is 62.1 Å². The number of amides is 1. The molecule has 0 fully saturated rings. The van der Waals surface area contributed by atoms with Gasteiger partial charge in [0.1, 0.15) is 17.4 Å². The second-order valence-electron chi connectivity index (χ2n) is 5.44. The molecule has 0 saturated heterocycles. The summed E-state index contributed by atoms with van der Waals surface area (Å²) in [5.74, 6) is -0.278. The van der Waals surface area contributed by atoms with E-state index in [-0.39, 0.29) is 16.3 Å². The van der Waals surface area contributed by atoms with E-state index in [0.29, 0.717) is 11.8 Å². The molecule has 0 heterocycles. The Labute approximate surface area is 164 Å². The molecule has 0 aromatic heterocycles. The van der Waals surface area contributed by atoms with E-state index >= 15 is 0 Å². The first-order valence-electron chi connectivity index (χ1n) is 7.86. The summed E-state index contributed by atoms with van der Waals surface area (Å²) in [6.07, 6.45) is -0.261. The number of anilines is 1. The number of halogens is 4. The highest BCUT2D eigenvalue weighted by molar-refractivity contribution is 6.34. The minimum Gasteiger partial charge on any atom is -0.496 e. The van der Waals surface area contributed by atoms with E-state index in [1.54, 1.807) is 36.4 Å². The van der Waals surface area contributed by atoms with E-state index in [1.165, 1.54) is 19.3 Å². The smallest absolute Gasteiger partial charge is 0.416 e. The highest BCUT2D eigenvalue weighted by atomic mass is 35.5. The highest BCUT2D eigenvalue weighted by Crippen LogP contribution is 2.34. The lowest BCUT2D eigenvalue weighted by Crippen LogP contribution is -2.15. The van der Waals surface area contributed by atoms with E-state index < -0.39 is 17.6 Å². The number of carbonyl (C=O) groups excluding carboxylic acids is 1. The molecule has 0 radical (unpaired) electrons. The fourth-order valence-electron chi connectivity index (χ4n) is 2.20. The zero-order chi connectivity index (χ0) is 20.7. The summed E-state index contributed by atoms with van der Waals surface area (Å²) in [5, 5.41) is 11.3. The highest BCUT2D eigenvalue weighted by Gasteiger charge is 2.31. The fourth-order valence-corrected chi connectivity index (χ4v) is 2.37. The first kappa shape index (κ1) is 21.1. The molecule has 1 N–H and O–H groups in total. The summed E-state index contributed by atoms with van der Waals surface area (Å²) >= 11 is 5.84. The van der Waals surface area contributed by atoms with E-state index in [9.17, 15) is 23.2 Å². The molecule has 2 aromatic rings. The first-order valence-corrected chi connectivity index (χ1v) is 8.23. The normalized spacial score (nSPS) is 11.9. The number of carbonyl (C=O) groups is 1. The van der Waals surface area contributed by atoms with Gasteiger partial charge in [-0.1, -0.05) is 42.0 Å². The largest absolute Gasteiger partial charge is 0.496 e. The summed E-state index contributed by atoms with van der Waals surface area (Å²) in [4.78, 5) is 12.2. The molecule has 28 heavy (non-hydrogen) atoms. The zero-order valence-corrected chi connectivity index (χ0v) is 15.3. The third kappa shape index (κ3) is 5.38.